The topological polar surface area (TPSA) is 105 Å². The van der Waals surface area contributed by atoms with Gasteiger partial charge in [0.2, 0.25) is 15.9 Å². The Labute approximate surface area is 227 Å². The molecule has 1 amide bonds. The Kier molecular flexibility index (Phi) is 8.39. The van der Waals surface area contributed by atoms with E-state index in [1.165, 1.54) is 22.5 Å². The van der Waals surface area contributed by atoms with Gasteiger partial charge >= 0.3 is 0 Å². The van der Waals surface area contributed by atoms with Crippen molar-refractivity contribution in [2.45, 2.75) is 48.5 Å². The molecule has 8 nitrogen and oxygen atoms in total. The minimum atomic E-state index is -4.11. The molecule has 0 radical (unpaired) electrons. The summed E-state index contributed by atoms with van der Waals surface area (Å²) in [5.74, 6) is -0.874. The van der Waals surface area contributed by atoms with Gasteiger partial charge in [0.25, 0.3) is 0 Å². The minimum absolute atomic E-state index is 0.0636. The normalized spacial score (nSPS) is 24.3. The number of nitrogens with zero attached hydrogens (tertiary/aromatic N) is 1. The van der Waals surface area contributed by atoms with Gasteiger partial charge in [0, 0.05) is 12.2 Å². The smallest absolute Gasteiger partial charge is 0.243 e. The van der Waals surface area contributed by atoms with Gasteiger partial charge in [-0.2, -0.15) is 4.31 Å². The number of halogens is 1. The van der Waals surface area contributed by atoms with Crippen molar-refractivity contribution in [2.75, 3.05) is 25.1 Å². The Morgan fingerprint density at radius 1 is 0.974 bits per heavy atom. The Morgan fingerprint density at radius 2 is 1.72 bits per heavy atom. The van der Waals surface area contributed by atoms with E-state index >= 15 is 0 Å². The molecular formula is C29H31FN2O6S. The van der Waals surface area contributed by atoms with E-state index in [1.807, 2.05) is 54.6 Å². The third kappa shape index (κ3) is 6.54. The van der Waals surface area contributed by atoms with Crippen LogP contribution in [0.2, 0.25) is 0 Å². The van der Waals surface area contributed by atoms with Gasteiger partial charge in [-0.15, -0.1) is 0 Å². The number of ether oxygens (including phenoxy) is 2. The van der Waals surface area contributed by atoms with Crippen molar-refractivity contribution in [2.24, 2.45) is 0 Å². The van der Waals surface area contributed by atoms with Crippen molar-refractivity contribution >= 4 is 21.6 Å². The summed E-state index contributed by atoms with van der Waals surface area (Å²) in [6.45, 7) is -0.199. The zero-order valence-corrected chi connectivity index (χ0v) is 22.1. The Balaban J connectivity index is 1.24. The maximum absolute atomic E-state index is 13.8. The molecule has 2 heterocycles. The predicted molar refractivity (Wildman–Crippen MR) is 144 cm³/mol. The van der Waals surface area contributed by atoms with Gasteiger partial charge in [-0.1, -0.05) is 48.5 Å². The fourth-order valence-corrected chi connectivity index (χ4v) is 6.88. The lowest BCUT2D eigenvalue weighted by molar-refractivity contribution is -0.144. The van der Waals surface area contributed by atoms with Crippen LogP contribution in [0.5, 0.6) is 0 Å². The van der Waals surface area contributed by atoms with Crippen molar-refractivity contribution in [3.05, 3.63) is 84.7 Å². The third-order valence-electron chi connectivity index (χ3n) is 7.03. The molecule has 10 heteroatoms. The van der Waals surface area contributed by atoms with Gasteiger partial charge in [-0.3, -0.25) is 4.79 Å². The lowest BCUT2D eigenvalue weighted by atomic mass is 9.96. The van der Waals surface area contributed by atoms with Crippen LogP contribution in [-0.4, -0.2) is 67.8 Å². The number of benzene rings is 3. The number of sulfonamides is 1. The zero-order valence-electron chi connectivity index (χ0n) is 21.3. The highest BCUT2D eigenvalue weighted by Crippen LogP contribution is 2.32. The summed E-state index contributed by atoms with van der Waals surface area (Å²) in [5, 5.41) is 13.2. The molecule has 0 unspecified atom stereocenters. The number of hydrogen-bond donors (Lipinski definition) is 2. The van der Waals surface area contributed by atoms with Crippen LogP contribution >= 0.6 is 0 Å². The first-order chi connectivity index (χ1) is 18.8. The number of β-amino-alcohol motifs (C(OH)–C–C–N with tert-alkyl or cyclic N) is 1. The first-order valence-corrected chi connectivity index (χ1v) is 14.4. The highest BCUT2D eigenvalue weighted by atomic mass is 32.2. The molecule has 2 N–H and O–H groups in total. The van der Waals surface area contributed by atoms with Crippen molar-refractivity contribution in [1.29, 1.82) is 0 Å². The van der Waals surface area contributed by atoms with Crippen LogP contribution in [-0.2, 0) is 24.3 Å². The number of carbonyl (C=O) groups excluding carboxylic acids is 1. The van der Waals surface area contributed by atoms with E-state index in [-0.39, 0.29) is 37.0 Å². The number of aliphatic hydroxyl groups excluding tert-OH is 1. The van der Waals surface area contributed by atoms with E-state index in [4.69, 9.17) is 9.47 Å². The van der Waals surface area contributed by atoms with Gasteiger partial charge in [-0.25, -0.2) is 12.8 Å². The molecule has 3 aromatic rings. The quantitative estimate of drug-likeness (QED) is 0.480. The number of carbonyl (C=O) groups is 1. The van der Waals surface area contributed by atoms with Gasteiger partial charge in [0.05, 0.1) is 48.9 Å². The highest BCUT2D eigenvalue weighted by molar-refractivity contribution is 7.89. The number of hydrogen-bond acceptors (Lipinski definition) is 6. The van der Waals surface area contributed by atoms with Crippen LogP contribution in [0.4, 0.5) is 10.1 Å². The summed E-state index contributed by atoms with van der Waals surface area (Å²) in [7, 11) is -4.11. The molecule has 3 aromatic carbocycles. The predicted octanol–water partition coefficient (Wildman–Crippen LogP) is 3.82. The largest absolute Gasteiger partial charge is 0.389 e. The number of amides is 1. The average Bonchev–Trinajstić information content (AvgIpc) is 2.92. The Morgan fingerprint density at radius 3 is 2.46 bits per heavy atom. The van der Waals surface area contributed by atoms with Gasteiger partial charge in [0.15, 0.2) is 0 Å². The molecule has 2 aliphatic heterocycles. The van der Waals surface area contributed by atoms with E-state index in [9.17, 15) is 22.7 Å². The third-order valence-corrected chi connectivity index (χ3v) is 8.91. The van der Waals surface area contributed by atoms with E-state index in [1.54, 1.807) is 0 Å². The molecule has 2 fully saturated rings. The fourth-order valence-electron chi connectivity index (χ4n) is 5.13. The minimum Gasteiger partial charge on any atom is -0.389 e. The summed E-state index contributed by atoms with van der Waals surface area (Å²) >= 11 is 0. The summed E-state index contributed by atoms with van der Waals surface area (Å²) in [5.41, 5.74) is 2.80. The maximum atomic E-state index is 13.8. The molecular weight excluding hydrogens is 523 g/mol. The molecule has 0 saturated carbocycles. The van der Waals surface area contributed by atoms with E-state index < -0.39 is 40.2 Å². The van der Waals surface area contributed by atoms with E-state index in [0.717, 1.165) is 17.2 Å². The molecule has 4 atom stereocenters. The average molecular weight is 555 g/mol. The molecule has 0 aromatic heterocycles. The first-order valence-electron chi connectivity index (χ1n) is 12.9. The molecule has 39 heavy (non-hydrogen) atoms. The van der Waals surface area contributed by atoms with Crippen molar-refractivity contribution in [1.82, 2.24) is 4.31 Å². The standard InChI is InChI=1S/C29H31FN2O6S/c30-22-7-4-8-26(15-22)39(35,36)32-17-24(33)18-37-19-28-27(32)14-13-25(38-28)16-29(34)31-23-11-9-21(10-12-23)20-5-2-1-3-6-20/h1-12,15,24-25,27-28,33H,13-14,16-19H2,(H,31,34)/t24-,25+,27+,28-/m1/s1. The number of fused-ring (bicyclic) bond motifs is 1. The van der Waals surface area contributed by atoms with Gasteiger partial charge in [-0.05, 0) is 54.3 Å². The number of aliphatic hydroxyl groups is 1. The molecule has 5 rings (SSSR count). The summed E-state index contributed by atoms with van der Waals surface area (Å²) < 4.78 is 53.7. The lowest BCUT2D eigenvalue weighted by Gasteiger charge is -2.43. The second kappa shape index (κ2) is 11.9. The maximum Gasteiger partial charge on any atom is 0.243 e. The summed E-state index contributed by atoms with van der Waals surface area (Å²) in [6.07, 6.45) is -1.17. The first kappa shape index (κ1) is 27.4. The molecule has 0 aliphatic carbocycles. The Bertz CT molecular complexity index is 1390. The molecule has 0 spiro atoms. The number of rotatable bonds is 6. The van der Waals surface area contributed by atoms with E-state index in [0.29, 0.717) is 18.5 Å². The van der Waals surface area contributed by atoms with Crippen LogP contribution in [0.15, 0.2) is 83.8 Å². The Hall–Kier alpha value is -3.15. The van der Waals surface area contributed by atoms with Crippen LogP contribution in [0.1, 0.15) is 19.3 Å². The molecule has 0 bridgehead atoms. The summed E-state index contributed by atoms with van der Waals surface area (Å²) in [6, 6.07) is 21.7. The number of anilines is 1. The van der Waals surface area contributed by atoms with Gasteiger partial charge in [0.1, 0.15) is 5.82 Å². The van der Waals surface area contributed by atoms with Crippen LogP contribution in [0, 0.1) is 5.82 Å². The zero-order chi connectivity index (χ0) is 27.4. The SMILES string of the molecule is O=C(C[C@@H]1CC[C@H]2[C@@H](COC[C@H](O)CN2S(=O)(=O)c2cccc(F)c2)O1)Nc1ccc(-c2ccccc2)cc1. The van der Waals surface area contributed by atoms with Crippen molar-refractivity contribution in [3.8, 4) is 11.1 Å². The van der Waals surface area contributed by atoms with Crippen molar-refractivity contribution < 1.29 is 32.2 Å². The molecule has 2 saturated heterocycles. The second-order valence-electron chi connectivity index (χ2n) is 9.86. The highest BCUT2D eigenvalue weighted by Gasteiger charge is 2.43. The lowest BCUT2D eigenvalue weighted by Crippen LogP contribution is -2.57. The fraction of sp³-hybridized carbons (Fsp3) is 0.345. The number of nitrogens with one attached hydrogen (secondary N) is 1. The molecule has 206 valence electrons. The second-order valence-corrected chi connectivity index (χ2v) is 11.8. The monoisotopic (exact) mass is 554 g/mol. The van der Waals surface area contributed by atoms with Crippen LogP contribution < -0.4 is 5.32 Å². The van der Waals surface area contributed by atoms with Gasteiger partial charge < -0.3 is 19.9 Å². The van der Waals surface area contributed by atoms with E-state index in [2.05, 4.69) is 5.32 Å². The summed E-state index contributed by atoms with van der Waals surface area (Å²) in [4.78, 5) is 12.6. The van der Waals surface area contributed by atoms with Crippen molar-refractivity contribution in [3.63, 3.8) is 0 Å². The van der Waals surface area contributed by atoms with Crippen LogP contribution in [0.3, 0.4) is 0 Å². The van der Waals surface area contributed by atoms with Crippen LogP contribution in [0.25, 0.3) is 11.1 Å². The molecule has 2 aliphatic rings.